The highest BCUT2D eigenvalue weighted by Crippen LogP contribution is 2.18. The molecule has 0 fully saturated rings. The van der Waals surface area contributed by atoms with E-state index in [9.17, 15) is 4.79 Å². The maximum atomic E-state index is 10.7. The first-order valence-corrected chi connectivity index (χ1v) is 3.65. The maximum Gasteiger partial charge on any atom is 0.267 e. The topological polar surface area (TPSA) is 65.2 Å². The lowest BCUT2D eigenvalue weighted by molar-refractivity contribution is 0.0995. The van der Waals surface area contributed by atoms with Gasteiger partial charge in [-0.3, -0.25) is 9.78 Å². The quantitative estimate of drug-likeness (QED) is 0.745. The zero-order valence-corrected chi connectivity index (χ0v) is 7.28. The van der Waals surface area contributed by atoms with Gasteiger partial charge in [-0.2, -0.15) is 0 Å². The Morgan fingerprint density at radius 1 is 1.77 bits per heavy atom. The molecule has 13 heavy (non-hydrogen) atoms. The Balaban J connectivity index is 3.20. The van der Waals surface area contributed by atoms with E-state index in [0.29, 0.717) is 5.75 Å². The first-order chi connectivity index (χ1) is 6.19. The number of rotatable bonds is 3. The second kappa shape index (κ2) is 3.71. The highest BCUT2D eigenvalue weighted by Gasteiger charge is 2.06. The Labute approximate surface area is 76.0 Å². The van der Waals surface area contributed by atoms with Gasteiger partial charge in [0, 0.05) is 17.8 Å². The van der Waals surface area contributed by atoms with Gasteiger partial charge < -0.3 is 10.5 Å². The molecule has 4 nitrogen and oxygen atoms in total. The van der Waals surface area contributed by atoms with Crippen molar-refractivity contribution in [2.24, 2.45) is 5.73 Å². The lowest BCUT2D eigenvalue weighted by atomic mass is 10.2. The van der Waals surface area contributed by atoms with Crippen LogP contribution in [0.2, 0.25) is 0 Å². The number of amides is 1. The number of aromatic nitrogens is 1. The summed E-state index contributed by atoms with van der Waals surface area (Å²) in [6, 6.07) is 1.49. The van der Waals surface area contributed by atoms with Gasteiger partial charge in [-0.15, -0.1) is 0 Å². The molecule has 1 amide bonds. The van der Waals surface area contributed by atoms with Gasteiger partial charge in [-0.1, -0.05) is 12.7 Å². The molecular formula is C9H10N2O2. The van der Waals surface area contributed by atoms with Crippen LogP contribution in [0.4, 0.5) is 0 Å². The van der Waals surface area contributed by atoms with E-state index in [-0.39, 0.29) is 5.69 Å². The lowest BCUT2D eigenvalue weighted by Crippen LogP contribution is -2.13. The van der Waals surface area contributed by atoms with Crippen molar-refractivity contribution >= 4 is 12.0 Å². The van der Waals surface area contributed by atoms with Crippen LogP contribution in [0, 0.1) is 0 Å². The molecule has 0 atom stereocenters. The third-order valence-corrected chi connectivity index (χ3v) is 1.59. The minimum absolute atomic E-state index is 0.183. The van der Waals surface area contributed by atoms with Crippen LogP contribution in [0.15, 0.2) is 18.8 Å². The summed E-state index contributed by atoms with van der Waals surface area (Å²) >= 11 is 0. The van der Waals surface area contributed by atoms with Gasteiger partial charge in [0.1, 0.15) is 11.4 Å². The Hall–Kier alpha value is -1.84. The maximum absolute atomic E-state index is 10.7. The summed E-state index contributed by atoms with van der Waals surface area (Å²) in [5.41, 5.74) is 5.96. The number of primary amides is 1. The summed E-state index contributed by atoms with van der Waals surface area (Å²) in [6.45, 7) is 3.58. The second-order valence-electron chi connectivity index (χ2n) is 2.38. The molecule has 68 valence electrons. The largest absolute Gasteiger partial charge is 0.496 e. The molecule has 0 unspecified atom stereocenters. The third kappa shape index (κ3) is 1.84. The molecule has 4 heteroatoms. The molecule has 0 bridgehead atoms. The van der Waals surface area contributed by atoms with Crippen molar-refractivity contribution in [1.29, 1.82) is 0 Å². The first-order valence-electron chi connectivity index (χ1n) is 3.65. The van der Waals surface area contributed by atoms with Gasteiger partial charge in [0.05, 0.1) is 7.11 Å². The number of carbonyl (C=O) groups excluding carboxylic acids is 1. The molecule has 0 saturated carbocycles. The molecule has 2 N–H and O–H groups in total. The molecule has 0 radical (unpaired) electrons. The van der Waals surface area contributed by atoms with Crippen molar-refractivity contribution in [2.75, 3.05) is 7.11 Å². The van der Waals surface area contributed by atoms with E-state index >= 15 is 0 Å². The number of ether oxygens (including phenoxy) is 1. The number of hydrogen-bond acceptors (Lipinski definition) is 3. The van der Waals surface area contributed by atoms with Crippen molar-refractivity contribution in [1.82, 2.24) is 4.98 Å². The highest BCUT2D eigenvalue weighted by atomic mass is 16.5. The zero-order valence-electron chi connectivity index (χ0n) is 7.28. The molecule has 1 heterocycles. The van der Waals surface area contributed by atoms with Gasteiger partial charge in [0.25, 0.3) is 5.91 Å². The number of carbonyl (C=O) groups is 1. The Kier molecular flexibility index (Phi) is 2.64. The molecule has 1 aromatic rings. The third-order valence-electron chi connectivity index (χ3n) is 1.59. The van der Waals surface area contributed by atoms with E-state index < -0.39 is 5.91 Å². The number of nitrogens with zero attached hydrogens (tertiary/aromatic N) is 1. The standard InChI is InChI=1S/C9H10N2O2/c1-3-6-5-11-7(9(10)12)4-8(6)13-2/h3-5H,1H2,2H3,(H2,10,12). The van der Waals surface area contributed by atoms with E-state index in [4.69, 9.17) is 10.5 Å². The summed E-state index contributed by atoms with van der Waals surface area (Å²) in [6.07, 6.45) is 3.09. The summed E-state index contributed by atoms with van der Waals surface area (Å²) in [4.78, 5) is 14.6. The molecule has 0 spiro atoms. The molecule has 0 aliphatic rings. The van der Waals surface area contributed by atoms with Crippen LogP contribution in [-0.2, 0) is 0 Å². The van der Waals surface area contributed by atoms with Crippen LogP contribution in [0.5, 0.6) is 5.75 Å². The minimum Gasteiger partial charge on any atom is -0.496 e. The number of nitrogens with two attached hydrogens (primary N) is 1. The van der Waals surface area contributed by atoms with Crippen LogP contribution < -0.4 is 10.5 Å². The fourth-order valence-corrected chi connectivity index (χ4v) is 0.912. The highest BCUT2D eigenvalue weighted by molar-refractivity contribution is 5.91. The number of hydrogen-bond donors (Lipinski definition) is 1. The number of methoxy groups -OCH3 is 1. The van der Waals surface area contributed by atoms with Crippen LogP contribution in [0.25, 0.3) is 6.08 Å². The van der Waals surface area contributed by atoms with E-state index in [0.717, 1.165) is 5.56 Å². The predicted molar refractivity (Wildman–Crippen MR) is 49.4 cm³/mol. The first kappa shape index (κ1) is 9.25. The van der Waals surface area contributed by atoms with E-state index in [1.807, 2.05) is 0 Å². The zero-order chi connectivity index (χ0) is 9.84. The summed E-state index contributed by atoms with van der Waals surface area (Å²) in [5, 5.41) is 0. The number of pyridine rings is 1. The van der Waals surface area contributed by atoms with Crippen molar-refractivity contribution in [3.05, 3.63) is 30.1 Å². The molecule has 1 rings (SSSR count). The van der Waals surface area contributed by atoms with Crippen molar-refractivity contribution in [3.8, 4) is 5.75 Å². The molecule has 0 aliphatic carbocycles. The van der Waals surface area contributed by atoms with Gasteiger partial charge >= 0.3 is 0 Å². The van der Waals surface area contributed by atoms with Gasteiger partial charge in [-0.25, -0.2) is 0 Å². The average Bonchev–Trinajstić information content (AvgIpc) is 2.16. The summed E-state index contributed by atoms with van der Waals surface area (Å²) < 4.78 is 5.01. The normalized spacial score (nSPS) is 9.31. The molecule has 0 aromatic carbocycles. The Morgan fingerprint density at radius 2 is 2.46 bits per heavy atom. The molecule has 0 aliphatic heterocycles. The summed E-state index contributed by atoms with van der Waals surface area (Å²) in [5.74, 6) is -0.0345. The predicted octanol–water partition coefficient (Wildman–Crippen LogP) is 0.832. The fraction of sp³-hybridized carbons (Fsp3) is 0.111. The van der Waals surface area contributed by atoms with Crippen molar-refractivity contribution in [3.63, 3.8) is 0 Å². The van der Waals surface area contributed by atoms with Crippen LogP contribution in [0.1, 0.15) is 16.1 Å². The van der Waals surface area contributed by atoms with Crippen LogP contribution in [-0.4, -0.2) is 18.0 Å². The van der Waals surface area contributed by atoms with Crippen molar-refractivity contribution in [2.45, 2.75) is 0 Å². The van der Waals surface area contributed by atoms with Crippen LogP contribution in [0.3, 0.4) is 0 Å². The van der Waals surface area contributed by atoms with Gasteiger partial charge in [0.15, 0.2) is 0 Å². The fourth-order valence-electron chi connectivity index (χ4n) is 0.912. The van der Waals surface area contributed by atoms with E-state index in [2.05, 4.69) is 11.6 Å². The average molecular weight is 178 g/mol. The van der Waals surface area contributed by atoms with Gasteiger partial charge in [0.2, 0.25) is 0 Å². The molecular weight excluding hydrogens is 168 g/mol. The van der Waals surface area contributed by atoms with Crippen LogP contribution >= 0.6 is 0 Å². The monoisotopic (exact) mass is 178 g/mol. The SMILES string of the molecule is C=Cc1cnc(C(N)=O)cc1OC. The van der Waals surface area contributed by atoms with Crippen molar-refractivity contribution < 1.29 is 9.53 Å². The minimum atomic E-state index is -0.575. The Morgan fingerprint density at radius 3 is 2.92 bits per heavy atom. The molecule has 0 saturated heterocycles. The lowest BCUT2D eigenvalue weighted by Gasteiger charge is -2.04. The van der Waals surface area contributed by atoms with Gasteiger partial charge in [-0.05, 0) is 0 Å². The molecule has 1 aromatic heterocycles. The smallest absolute Gasteiger partial charge is 0.267 e. The summed E-state index contributed by atoms with van der Waals surface area (Å²) in [7, 11) is 1.51. The van der Waals surface area contributed by atoms with E-state index in [1.165, 1.54) is 19.4 Å². The second-order valence-corrected chi connectivity index (χ2v) is 2.38. The Bertz CT molecular complexity index is 347. The van der Waals surface area contributed by atoms with E-state index in [1.54, 1.807) is 6.08 Å².